The van der Waals surface area contributed by atoms with Gasteiger partial charge in [0.05, 0.1) is 29.4 Å². The van der Waals surface area contributed by atoms with Crippen molar-refractivity contribution in [1.82, 2.24) is 0 Å². The summed E-state index contributed by atoms with van der Waals surface area (Å²) in [7, 11) is -8.44. The first kappa shape index (κ1) is 30.4. The number of rotatable bonds is 5. The summed E-state index contributed by atoms with van der Waals surface area (Å²) in [5.41, 5.74) is 1.20. The van der Waals surface area contributed by atoms with E-state index in [4.69, 9.17) is 0 Å². The number of piperidine rings is 1. The molecule has 1 saturated carbocycles. The highest BCUT2D eigenvalue weighted by Crippen LogP contribution is 2.52. The van der Waals surface area contributed by atoms with Gasteiger partial charge in [-0.1, -0.05) is 42.9 Å². The van der Waals surface area contributed by atoms with Crippen molar-refractivity contribution >= 4 is 43.3 Å². The molecule has 228 valence electrons. The van der Waals surface area contributed by atoms with E-state index >= 15 is 0 Å². The Balaban J connectivity index is 0.000000524. The molecule has 3 heterocycles. The number of quaternary nitrogens is 1. The lowest BCUT2D eigenvalue weighted by Crippen LogP contribution is -2.85. The molecule has 4 aliphatic rings. The van der Waals surface area contributed by atoms with E-state index in [1.165, 1.54) is 59.2 Å². The fraction of sp³-hybridized carbons (Fsp3) is 0.484. The number of aliphatic hydroxyl groups excluding tert-OH is 1. The van der Waals surface area contributed by atoms with E-state index in [2.05, 4.69) is 5.32 Å². The van der Waals surface area contributed by atoms with Crippen molar-refractivity contribution in [1.29, 1.82) is 0 Å². The second kappa shape index (κ2) is 12.3. The van der Waals surface area contributed by atoms with Crippen LogP contribution in [-0.4, -0.2) is 48.1 Å². The SMILES string of the molecule is C1CC[NH2+]CC1.CCN1c2ccccc2C(O)=C(C(C2=Cc3c([O-])cccc3N(CC)S2(=O)=O)C2CCCC2)S1(=O)=O. The third-order valence-corrected chi connectivity index (χ3v) is 12.8. The molecule has 0 amide bonds. The molecule has 2 fully saturated rings. The summed E-state index contributed by atoms with van der Waals surface area (Å²) in [5.74, 6) is -2.20. The second-order valence-corrected chi connectivity index (χ2v) is 14.9. The minimum absolute atomic E-state index is 0.0786. The van der Waals surface area contributed by atoms with E-state index in [9.17, 15) is 27.0 Å². The number of benzene rings is 2. The number of nitrogens with zero attached hydrogens (tertiary/aromatic N) is 2. The van der Waals surface area contributed by atoms with E-state index in [1.54, 1.807) is 44.2 Å². The minimum atomic E-state index is -4.26. The van der Waals surface area contributed by atoms with Crippen LogP contribution in [0.2, 0.25) is 0 Å². The summed E-state index contributed by atoms with van der Waals surface area (Å²) >= 11 is 0. The Morgan fingerprint density at radius 2 is 1.48 bits per heavy atom. The van der Waals surface area contributed by atoms with Crippen LogP contribution >= 0.6 is 0 Å². The number of aliphatic hydroxyl groups is 1. The van der Waals surface area contributed by atoms with E-state index in [0.717, 1.165) is 12.8 Å². The van der Waals surface area contributed by atoms with Crippen LogP contribution in [0.25, 0.3) is 11.8 Å². The molecular weight excluding hydrogens is 574 g/mol. The number of anilines is 2. The van der Waals surface area contributed by atoms with Crippen molar-refractivity contribution in [3.05, 3.63) is 63.4 Å². The summed E-state index contributed by atoms with van der Waals surface area (Å²) in [6.07, 6.45) is 8.60. The minimum Gasteiger partial charge on any atom is -0.872 e. The van der Waals surface area contributed by atoms with Gasteiger partial charge in [0.2, 0.25) is 0 Å². The fourth-order valence-electron chi connectivity index (χ4n) is 6.77. The van der Waals surface area contributed by atoms with Crippen LogP contribution in [0, 0.1) is 11.8 Å². The zero-order chi connectivity index (χ0) is 30.1. The van der Waals surface area contributed by atoms with Crippen molar-refractivity contribution in [3.8, 4) is 5.75 Å². The van der Waals surface area contributed by atoms with Crippen molar-refractivity contribution in [2.75, 3.05) is 34.8 Å². The van der Waals surface area contributed by atoms with E-state index in [0.29, 0.717) is 24.1 Å². The second-order valence-electron chi connectivity index (χ2n) is 11.3. The van der Waals surface area contributed by atoms with Crippen molar-refractivity contribution in [2.45, 2.75) is 58.8 Å². The predicted octanol–water partition coefficient (Wildman–Crippen LogP) is 3.91. The standard InChI is InChI=1S/C26H30N2O6S2.C5H11N/c1-3-27-21-14-9-15-22(29)19(21)16-23(35(27,31)32)24(17-10-5-6-11-17)26-25(30)18-12-7-8-13-20(18)28(4-2)36(26,33)34;1-2-4-6-5-3-1/h7-9,12-17,24,29-30H,3-6,10-11H2,1-2H3;6H,1-5H2. The van der Waals surface area contributed by atoms with Gasteiger partial charge in [-0.25, -0.2) is 16.8 Å². The van der Waals surface area contributed by atoms with Gasteiger partial charge in [-0.15, -0.1) is 0 Å². The normalized spacial score (nSPS) is 22.0. The van der Waals surface area contributed by atoms with Gasteiger partial charge < -0.3 is 15.5 Å². The maximum atomic E-state index is 14.0. The number of para-hydroxylation sites is 1. The van der Waals surface area contributed by atoms with Gasteiger partial charge in [0.15, 0.2) is 0 Å². The molecule has 1 unspecified atom stereocenters. The van der Waals surface area contributed by atoms with Crippen molar-refractivity contribution < 1.29 is 32.4 Å². The lowest BCUT2D eigenvalue weighted by atomic mass is 9.87. The fourth-order valence-corrected chi connectivity index (χ4v) is 10.7. The van der Waals surface area contributed by atoms with Crippen LogP contribution in [0.5, 0.6) is 5.75 Å². The van der Waals surface area contributed by atoms with Gasteiger partial charge in [0, 0.05) is 24.6 Å². The number of nitrogens with two attached hydrogens (primary N) is 1. The van der Waals surface area contributed by atoms with Crippen LogP contribution in [-0.2, 0) is 20.0 Å². The van der Waals surface area contributed by atoms with Gasteiger partial charge in [-0.05, 0) is 81.7 Å². The maximum Gasteiger partial charge on any atom is 0.264 e. The Labute approximate surface area is 249 Å². The highest BCUT2D eigenvalue weighted by atomic mass is 32.2. The van der Waals surface area contributed by atoms with Gasteiger partial charge in [0.1, 0.15) is 10.7 Å². The third-order valence-electron chi connectivity index (χ3n) is 8.77. The highest BCUT2D eigenvalue weighted by Gasteiger charge is 2.49. The van der Waals surface area contributed by atoms with Crippen LogP contribution in [0.4, 0.5) is 11.4 Å². The molecule has 0 radical (unpaired) electrons. The summed E-state index contributed by atoms with van der Waals surface area (Å²) in [5, 5.41) is 26.6. The van der Waals surface area contributed by atoms with E-state index < -0.39 is 31.7 Å². The maximum absolute atomic E-state index is 14.0. The van der Waals surface area contributed by atoms with Crippen LogP contribution in [0.3, 0.4) is 0 Å². The summed E-state index contributed by atoms with van der Waals surface area (Å²) in [4.78, 5) is -0.444. The highest BCUT2D eigenvalue weighted by molar-refractivity contribution is 7.98. The smallest absolute Gasteiger partial charge is 0.264 e. The molecule has 0 bridgehead atoms. The average molecular weight is 616 g/mol. The largest absolute Gasteiger partial charge is 0.872 e. The van der Waals surface area contributed by atoms with E-state index in [1.807, 2.05) is 0 Å². The molecule has 2 aromatic rings. The molecule has 0 spiro atoms. The first-order chi connectivity index (χ1) is 20.1. The third kappa shape index (κ3) is 5.31. The molecule has 3 aliphatic heterocycles. The number of hydrogen-bond donors (Lipinski definition) is 2. The monoisotopic (exact) mass is 615 g/mol. The average Bonchev–Trinajstić information content (AvgIpc) is 3.51. The molecule has 2 aromatic carbocycles. The molecule has 1 aliphatic carbocycles. The Bertz CT molecular complexity index is 1580. The first-order valence-corrected chi connectivity index (χ1v) is 17.9. The Hall–Kier alpha value is -3.02. The lowest BCUT2D eigenvalue weighted by molar-refractivity contribution is -0.662. The van der Waals surface area contributed by atoms with Gasteiger partial charge in [-0.3, -0.25) is 8.61 Å². The zero-order valence-electron chi connectivity index (χ0n) is 24.3. The Morgan fingerprint density at radius 1 is 0.857 bits per heavy atom. The van der Waals surface area contributed by atoms with Gasteiger partial charge in [-0.2, -0.15) is 0 Å². The first-order valence-electron chi connectivity index (χ1n) is 15.1. The van der Waals surface area contributed by atoms with Crippen LogP contribution in [0.15, 0.2) is 52.3 Å². The molecule has 1 atom stereocenters. The number of fused-ring (bicyclic) bond motifs is 2. The topological polar surface area (TPSA) is 135 Å². The lowest BCUT2D eigenvalue weighted by Gasteiger charge is -2.39. The summed E-state index contributed by atoms with van der Waals surface area (Å²) in [6, 6.07) is 11.1. The molecule has 3 N–H and O–H groups in total. The van der Waals surface area contributed by atoms with Gasteiger partial charge >= 0.3 is 0 Å². The molecule has 42 heavy (non-hydrogen) atoms. The number of allylic oxidation sites excluding steroid dienone is 2. The quantitative estimate of drug-likeness (QED) is 0.524. The molecule has 1 saturated heterocycles. The van der Waals surface area contributed by atoms with Crippen molar-refractivity contribution in [2.24, 2.45) is 11.8 Å². The zero-order valence-corrected chi connectivity index (χ0v) is 26.0. The Morgan fingerprint density at radius 3 is 2.07 bits per heavy atom. The van der Waals surface area contributed by atoms with Crippen LogP contribution < -0.4 is 19.0 Å². The summed E-state index contributed by atoms with van der Waals surface area (Å²) in [6.45, 7) is 6.33. The summed E-state index contributed by atoms with van der Waals surface area (Å²) < 4.78 is 58.5. The molecule has 9 nitrogen and oxygen atoms in total. The predicted molar refractivity (Wildman–Crippen MR) is 165 cm³/mol. The van der Waals surface area contributed by atoms with Crippen LogP contribution in [0.1, 0.15) is 69.9 Å². The molecule has 6 rings (SSSR count). The Kier molecular flexibility index (Phi) is 8.91. The number of hydrogen-bond acceptors (Lipinski definition) is 6. The van der Waals surface area contributed by atoms with Crippen molar-refractivity contribution in [3.63, 3.8) is 0 Å². The molecule has 0 aromatic heterocycles. The molecule has 11 heteroatoms. The van der Waals surface area contributed by atoms with Gasteiger partial charge in [0.25, 0.3) is 20.0 Å². The molecular formula is C31H41N3O6S2. The van der Waals surface area contributed by atoms with E-state index in [-0.39, 0.29) is 45.8 Å². The number of sulfonamides is 2.